The van der Waals surface area contributed by atoms with Gasteiger partial charge in [0, 0.05) is 24.7 Å². The summed E-state index contributed by atoms with van der Waals surface area (Å²) in [5.74, 6) is 0. The van der Waals surface area contributed by atoms with Crippen molar-refractivity contribution in [3.8, 4) is 0 Å². The van der Waals surface area contributed by atoms with Crippen molar-refractivity contribution in [1.29, 1.82) is 0 Å². The molecule has 1 unspecified atom stereocenters. The average Bonchev–Trinajstić information content (AvgIpc) is 2.36. The van der Waals surface area contributed by atoms with Crippen LogP contribution >= 0.6 is 0 Å². The maximum absolute atomic E-state index is 6.09. The van der Waals surface area contributed by atoms with Crippen LogP contribution in [0.4, 0.5) is 5.69 Å². The van der Waals surface area contributed by atoms with Crippen molar-refractivity contribution < 1.29 is 0 Å². The van der Waals surface area contributed by atoms with Crippen LogP contribution in [0.1, 0.15) is 24.9 Å². The molecule has 2 rings (SSSR count). The van der Waals surface area contributed by atoms with Crippen LogP contribution in [0.5, 0.6) is 0 Å². The summed E-state index contributed by atoms with van der Waals surface area (Å²) < 4.78 is 0. The zero-order valence-corrected chi connectivity index (χ0v) is 9.70. The van der Waals surface area contributed by atoms with Gasteiger partial charge < -0.3 is 11.1 Å². The number of hydrogen-bond acceptors (Lipinski definition) is 3. The molecule has 3 heteroatoms. The van der Waals surface area contributed by atoms with Crippen LogP contribution in [0.25, 0.3) is 10.9 Å². The highest BCUT2D eigenvalue weighted by Gasteiger charge is 2.11. The zero-order chi connectivity index (χ0) is 11.5. The molecule has 0 saturated heterocycles. The Morgan fingerprint density at radius 2 is 2.19 bits per heavy atom. The summed E-state index contributed by atoms with van der Waals surface area (Å²) in [5, 5.41) is 4.35. The zero-order valence-electron chi connectivity index (χ0n) is 9.70. The van der Waals surface area contributed by atoms with Crippen molar-refractivity contribution in [2.45, 2.75) is 19.4 Å². The minimum absolute atomic E-state index is 0.0638. The lowest BCUT2D eigenvalue weighted by Gasteiger charge is -2.16. The van der Waals surface area contributed by atoms with E-state index in [0.717, 1.165) is 28.6 Å². The Morgan fingerprint density at radius 1 is 1.38 bits per heavy atom. The second kappa shape index (κ2) is 4.49. The Kier molecular flexibility index (Phi) is 3.06. The summed E-state index contributed by atoms with van der Waals surface area (Å²) >= 11 is 0. The number of anilines is 1. The van der Waals surface area contributed by atoms with Crippen molar-refractivity contribution in [3.63, 3.8) is 0 Å². The first-order chi connectivity index (χ1) is 7.77. The Balaban J connectivity index is 2.67. The van der Waals surface area contributed by atoms with Gasteiger partial charge in [0.2, 0.25) is 0 Å². The van der Waals surface area contributed by atoms with E-state index in [1.165, 1.54) is 0 Å². The molecule has 0 aliphatic rings. The molecule has 0 saturated carbocycles. The van der Waals surface area contributed by atoms with E-state index in [1.54, 1.807) is 0 Å². The first kappa shape index (κ1) is 10.9. The van der Waals surface area contributed by atoms with E-state index < -0.39 is 0 Å². The number of nitrogens with zero attached hydrogens (tertiary/aromatic N) is 1. The molecule has 0 bridgehead atoms. The number of benzene rings is 1. The van der Waals surface area contributed by atoms with Crippen LogP contribution in [-0.2, 0) is 0 Å². The standard InChI is InChI=1S/C13H17N3/c1-3-11(14)10-7-6-9-5-4-8-16-12(9)13(10)15-2/h4-8,11,15H,3,14H2,1-2H3. The fourth-order valence-corrected chi connectivity index (χ4v) is 1.95. The summed E-state index contributed by atoms with van der Waals surface area (Å²) in [5.41, 5.74) is 9.27. The normalized spacial score (nSPS) is 12.7. The van der Waals surface area contributed by atoms with E-state index in [2.05, 4.69) is 35.4 Å². The van der Waals surface area contributed by atoms with E-state index in [1.807, 2.05) is 19.3 Å². The van der Waals surface area contributed by atoms with Gasteiger partial charge in [-0.05, 0) is 18.1 Å². The van der Waals surface area contributed by atoms with Gasteiger partial charge in [0.05, 0.1) is 11.2 Å². The Hall–Kier alpha value is -1.61. The lowest BCUT2D eigenvalue weighted by atomic mass is 10.0. The van der Waals surface area contributed by atoms with E-state index in [4.69, 9.17) is 5.73 Å². The maximum atomic E-state index is 6.09. The predicted octanol–water partition coefficient (Wildman–Crippen LogP) is 2.69. The van der Waals surface area contributed by atoms with E-state index in [0.29, 0.717) is 0 Å². The third-order valence-corrected chi connectivity index (χ3v) is 2.90. The molecule has 0 radical (unpaired) electrons. The SMILES string of the molecule is CCC(N)c1ccc2cccnc2c1NC. The number of nitrogens with two attached hydrogens (primary N) is 1. The molecular weight excluding hydrogens is 198 g/mol. The molecule has 0 fully saturated rings. The largest absolute Gasteiger partial charge is 0.386 e. The summed E-state index contributed by atoms with van der Waals surface area (Å²) in [6, 6.07) is 8.23. The number of nitrogens with one attached hydrogen (secondary N) is 1. The van der Waals surface area contributed by atoms with Gasteiger partial charge in [-0.25, -0.2) is 0 Å². The van der Waals surface area contributed by atoms with Crippen LogP contribution in [0.3, 0.4) is 0 Å². The molecule has 0 amide bonds. The number of aromatic nitrogens is 1. The highest BCUT2D eigenvalue weighted by molar-refractivity contribution is 5.92. The number of pyridine rings is 1. The lowest BCUT2D eigenvalue weighted by molar-refractivity contribution is 0.701. The van der Waals surface area contributed by atoms with Crippen LogP contribution in [0.15, 0.2) is 30.5 Å². The third-order valence-electron chi connectivity index (χ3n) is 2.90. The molecule has 1 atom stereocenters. The minimum Gasteiger partial charge on any atom is -0.386 e. The highest BCUT2D eigenvalue weighted by atomic mass is 14.9. The highest BCUT2D eigenvalue weighted by Crippen LogP contribution is 2.29. The van der Waals surface area contributed by atoms with Crippen molar-refractivity contribution in [2.24, 2.45) is 5.73 Å². The monoisotopic (exact) mass is 215 g/mol. The molecule has 3 N–H and O–H groups in total. The topological polar surface area (TPSA) is 50.9 Å². The molecule has 0 aliphatic carbocycles. The van der Waals surface area contributed by atoms with Gasteiger partial charge in [0.25, 0.3) is 0 Å². The predicted molar refractivity (Wildman–Crippen MR) is 68.5 cm³/mol. The van der Waals surface area contributed by atoms with Crippen molar-refractivity contribution >= 4 is 16.6 Å². The van der Waals surface area contributed by atoms with Gasteiger partial charge in [-0.3, -0.25) is 4.98 Å². The second-order valence-electron chi connectivity index (χ2n) is 3.87. The van der Waals surface area contributed by atoms with E-state index in [9.17, 15) is 0 Å². The second-order valence-corrected chi connectivity index (χ2v) is 3.87. The van der Waals surface area contributed by atoms with Crippen LogP contribution in [0, 0.1) is 0 Å². The van der Waals surface area contributed by atoms with Gasteiger partial charge >= 0.3 is 0 Å². The van der Waals surface area contributed by atoms with Gasteiger partial charge in [0.1, 0.15) is 0 Å². The molecule has 0 aliphatic heterocycles. The van der Waals surface area contributed by atoms with Crippen molar-refractivity contribution in [3.05, 3.63) is 36.0 Å². The molecule has 1 heterocycles. The maximum Gasteiger partial charge on any atom is 0.0936 e. The Labute approximate surface area is 95.7 Å². The van der Waals surface area contributed by atoms with Gasteiger partial charge in [-0.1, -0.05) is 25.1 Å². The van der Waals surface area contributed by atoms with E-state index >= 15 is 0 Å². The average molecular weight is 215 g/mol. The molecule has 16 heavy (non-hydrogen) atoms. The van der Waals surface area contributed by atoms with Gasteiger partial charge in [-0.2, -0.15) is 0 Å². The van der Waals surface area contributed by atoms with E-state index in [-0.39, 0.29) is 6.04 Å². The minimum atomic E-state index is 0.0638. The fourth-order valence-electron chi connectivity index (χ4n) is 1.95. The van der Waals surface area contributed by atoms with Crippen LogP contribution in [-0.4, -0.2) is 12.0 Å². The Morgan fingerprint density at radius 3 is 2.88 bits per heavy atom. The Bertz CT molecular complexity index is 494. The van der Waals surface area contributed by atoms with Crippen molar-refractivity contribution in [1.82, 2.24) is 4.98 Å². The quantitative estimate of drug-likeness (QED) is 0.827. The number of hydrogen-bond donors (Lipinski definition) is 2. The summed E-state index contributed by atoms with van der Waals surface area (Å²) in [6.45, 7) is 2.09. The first-order valence-corrected chi connectivity index (χ1v) is 5.59. The van der Waals surface area contributed by atoms with Gasteiger partial charge in [-0.15, -0.1) is 0 Å². The van der Waals surface area contributed by atoms with Crippen molar-refractivity contribution in [2.75, 3.05) is 12.4 Å². The first-order valence-electron chi connectivity index (χ1n) is 5.59. The molecule has 0 spiro atoms. The summed E-state index contributed by atoms with van der Waals surface area (Å²) in [7, 11) is 1.91. The van der Waals surface area contributed by atoms with Crippen LogP contribution in [0.2, 0.25) is 0 Å². The number of rotatable bonds is 3. The molecule has 1 aromatic heterocycles. The summed E-state index contributed by atoms with van der Waals surface area (Å²) in [6.07, 6.45) is 2.73. The molecule has 84 valence electrons. The molecule has 1 aromatic carbocycles. The van der Waals surface area contributed by atoms with Crippen LogP contribution < -0.4 is 11.1 Å². The van der Waals surface area contributed by atoms with Gasteiger partial charge in [0.15, 0.2) is 0 Å². The molecule has 2 aromatic rings. The lowest BCUT2D eigenvalue weighted by Crippen LogP contribution is -2.11. The fraction of sp³-hybridized carbons (Fsp3) is 0.308. The molecular formula is C13H17N3. The summed E-state index contributed by atoms with van der Waals surface area (Å²) in [4.78, 5) is 4.41. The smallest absolute Gasteiger partial charge is 0.0936 e. The number of fused-ring (bicyclic) bond motifs is 1. The molecule has 3 nitrogen and oxygen atoms in total. The third kappa shape index (κ3) is 1.74.